The predicted octanol–water partition coefficient (Wildman–Crippen LogP) is 2.57. The van der Waals surface area contributed by atoms with Crippen molar-refractivity contribution < 1.29 is 33.8 Å². The highest BCUT2D eigenvalue weighted by Gasteiger charge is 2.77. The normalized spacial score (nSPS) is 27.7. The third-order valence-corrected chi connectivity index (χ3v) is 10.8. The van der Waals surface area contributed by atoms with Gasteiger partial charge >= 0.3 is 5.97 Å². The van der Waals surface area contributed by atoms with E-state index in [1.807, 2.05) is 38.1 Å². The van der Waals surface area contributed by atoms with Crippen molar-refractivity contribution in [3.05, 3.63) is 49.6 Å². The van der Waals surface area contributed by atoms with E-state index >= 15 is 0 Å². The van der Waals surface area contributed by atoms with Crippen molar-refractivity contribution in [3.63, 3.8) is 0 Å². The van der Waals surface area contributed by atoms with Crippen LogP contribution in [0.3, 0.4) is 0 Å². The number of carbonyl (C=O) groups excluding carboxylic acids is 4. The Morgan fingerprint density at radius 1 is 1.27 bits per heavy atom. The van der Waals surface area contributed by atoms with Crippen molar-refractivity contribution in [1.29, 1.82) is 0 Å². The minimum Gasteiger partial charge on any atom is -0.460 e. The van der Waals surface area contributed by atoms with Gasteiger partial charge in [0.2, 0.25) is 17.7 Å². The summed E-state index contributed by atoms with van der Waals surface area (Å²) in [5.41, 5.74) is 0.0440. The summed E-state index contributed by atoms with van der Waals surface area (Å²) >= 11 is 3.69. The molecular weight excluding hydrogens is 684 g/mol. The molecule has 260 valence electrons. The minimum atomic E-state index is -1.36. The Labute approximate surface area is 288 Å². The lowest BCUT2D eigenvalue weighted by Gasteiger charge is -2.40. The van der Waals surface area contributed by atoms with Crippen LogP contribution in [0.2, 0.25) is 0 Å². The second kappa shape index (κ2) is 14.9. The lowest BCUT2D eigenvalue weighted by Crippen LogP contribution is -2.60. The molecule has 2 N–H and O–H groups in total. The minimum absolute atomic E-state index is 0.0282. The number of nitrogens with zero attached hydrogens (tertiary/aromatic N) is 5. The predicted molar refractivity (Wildman–Crippen MR) is 180 cm³/mol. The second-order valence-corrected chi connectivity index (χ2v) is 14.2. The summed E-state index contributed by atoms with van der Waals surface area (Å²) in [6.45, 7) is 12.9. The number of benzene rings is 1. The van der Waals surface area contributed by atoms with Gasteiger partial charge in [-0.1, -0.05) is 65.7 Å². The van der Waals surface area contributed by atoms with Gasteiger partial charge in [-0.05, 0) is 37.8 Å². The molecule has 14 heteroatoms. The van der Waals surface area contributed by atoms with Crippen LogP contribution in [-0.2, 0) is 35.3 Å². The molecule has 1 aromatic carbocycles. The van der Waals surface area contributed by atoms with Crippen molar-refractivity contribution >= 4 is 50.7 Å². The maximum Gasteiger partial charge on any atom is 0.312 e. The van der Waals surface area contributed by atoms with Crippen LogP contribution in [0.4, 0.5) is 0 Å². The third kappa shape index (κ3) is 6.41. The third-order valence-electron chi connectivity index (χ3n) is 9.94. The standard InChI is InChI=1S/C34H45BrN6O7/c1-6-9-14-26(43)36-17-21(5)47-33(46)27-28-31(44)41(25(18-42)20(4)8-3)30(34(28)16-22(35)29(27)48-34)32(45)39(15-7-2)19-40-24-13-11-10-12-23(24)37-38-40/h6-7,10-13,20-22,25,27-30,42H,1-2,8-9,14-19H2,3-5H3,(H,36,43)/t20-,21-,22?,25-,27+,28-,29+,30+,34-/m0/s1. The molecule has 0 radical (unpaired) electrons. The summed E-state index contributed by atoms with van der Waals surface area (Å²) in [7, 11) is 0. The molecule has 3 saturated heterocycles. The van der Waals surface area contributed by atoms with Crippen molar-refractivity contribution in [2.75, 3.05) is 19.7 Å². The van der Waals surface area contributed by atoms with Gasteiger partial charge in [0.25, 0.3) is 0 Å². The lowest BCUT2D eigenvalue weighted by molar-refractivity contribution is -0.160. The molecule has 3 amide bonds. The number of carbonyl (C=O) groups is 4. The van der Waals surface area contributed by atoms with Gasteiger partial charge in [-0.15, -0.1) is 18.3 Å². The quantitative estimate of drug-likeness (QED) is 0.151. The molecule has 0 saturated carbocycles. The first-order chi connectivity index (χ1) is 23.0. The van der Waals surface area contributed by atoms with Gasteiger partial charge in [0, 0.05) is 17.8 Å². The Kier molecular flexibility index (Phi) is 11.1. The number of halogens is 1. The number of aliphatic hydroxyl groups excluding tert-OH is 1. The molecule has 1 aromatic heterocycles. The van der Waals surface area contributed by atoms with E-state index in [-0.39, 0.29) is 49.4 Å². The average molecular weight is 730 g/mol. The smallest absolute Gasteiger partial charge is 0.312 e. The summed E-state index contributed by atoms with van der Waals surface area (Å²) in [5, 5.41) is 21.9. The van der Waals surface area contributed by atoms with E-state index in [0.717, 1.165) is 5.52 Å². The second-order valence-electron chi connectivity index (χ2n) is 13.0. The first-order valence-electron chi connectivity index (χ1n) is 16.5. The molecule has 48 heavy (non-hydrogen) atoms. The Morgan fingerprint density at radius 2 is 2.02 bits per heavy atom. The Bertz CT molecular complexity index is 1550. The van der Waals surface area contributed by atoms with Crippen LogP contribution in [0, 0.1) is 17.8 Å². The number of fused-ring (bicyclic) bond motifs is 2. The molecule has 3 aliphatic heterocycles. The van der Waals surface area contributed by atoms with Crippen molar-refractivity contribution in [2.24, 2.45) is 17.8 Å². The zero-order valence-corrected chi connectivity index (χ0v) is 29.3. The lowest BCUT2D eigenvalue weighted by atomic mass is 9.70. The summed E-state index contributed by atoms with van der Waals surface area (Å²) in [6, 6.07) is 5.56. The SMILES string of the molecule is C=CCCC(=O)NC[C@H](C)OC(=O)[C@H]1[C@@H]2O[C@@]3(CC2Br)[C@@H]1C(=O)N([C@@H](CO)[C@@H](C)CC)[C@@H]3C(=O)N(CC=C)Cn1nnc2ccccc21. The molecular formula is C34H45BrN6O7. The number of esters is 1. The molecule has 2 aromatic rings. The van der Waals surface area contributed by atoms with Crippen molar-refractivity contribution in [2.45, 2.75) is 87.8 Å². The molecule has 0 aliphatic carbocycles. The number of aromatic nitrogens is 3. The van der Waals surface area contributed by atoms with E-state index in [1.165, 1.54) is 4.90 Å². The molecule has 3 fully saturated rings. The fourth-order valence-corrected chi connectivity index (χ4v) is 8.36. The number of para-hydroxylation sites is 1. The van der Waals surface area contributed by atoms with Crippen LogP contribution in [-0.4, -0.2) is 108 Å². The highest BCUT2D eigenvalue weighted by Crippen LogP contribution is 2.61. The number of hydrogen-bond donors (Lipinski definition) is 2. The molecule has 1 unspecified atom stereocenters. The number of allylic oxidation sites excluding steroid dienone is 1. The maximum atomic E-state index is 14.9. The van der Waals surface area contributed by atoms with Crippen LogP contribution in [0.5, 0.6) is 0 Å². The highest BCUT2D eigenvalue weighted by molar-refractivity contribution is 9.09. The maximum absolute atomic E-state index is 14.9. The molecule has 5 rings (SSSR count). The fraction of sp³-hybridized carbons (Fsp3) is 0.588. The van der Waals surface area contributed by atoms with Gasteiger partial charge < -0.3 is 29.7 Å². The van der Waals surface area contributed by atoms with Crippen molar-refractivity contribution in [1.82, 2.24) is 30.1 Å². The van der Waals surface area contributed by atoms with E-state index in [9.17, 15) is 24.3 Å². The number of aliphatic hydroxyl groups is 1. The molecule has 1 spiro atoms. The Balaban J connectivity index is 1.48. The van der Waals surface area contributed by atoms with Crippen LogP contribution in [0.1, 0.15) is 46.5 Å². The zero-order valence-electron chi connectivity index (χ0n) is 27.7. The number of likely N-dealkylation sites (tertiary alicyclic amines) is 1. The molecule has 4 heterocycles. The number of rotatable bonds is 16. The van der Waals surface area contributed by atoms with Crippen LogP contribution >= 0.6 is 15.9 Å². The largest absolute Gasteiger partial charge is 0.460 e. The Morgan fingerprint density at radius 3 is 2.71 bits per heavy atom. The molecule has 3 aliphatic rings. The zero-order chi connectivity index (χ0) is 34.7. The van der Waals surface area contributed by atoms with Gasteiger partial charge in [0.05, 0.1) is 42.6 Å². The highest BCUT2D eigenvalue weighted by atomic mass is 79.9. The fourth-order valence-electron chi connectivity index (χ4n) is 7.42. The van der Waals surface area contributed by atoms with E-state index < -0.39 is 59.5 Å². The van der Waals surface area contributed by atoms with Crippen LogP contribution in [0.25, 0.3) is 11.0 Å². The Hall–Kier alpha value is -3.62. The summed E-state index contributed by atoms with van der Waals surface area (Å²) in [5.74, 6) is -3.83. The van der Waals surface area contributed by atoms with Gasteiger partial charge in [-0.3, -0.25) is 19.2 Å². The topological polar surface area (TPSA) is 156 Å². The number of alkyl halides is 1. The summed E-state index contributed by atoms with van der Waals surface area (Å²) < 4.78 is 14.1. The van der Waals surface area contributed by atoms with Crippen molar-refractivity contribution in [3.8, 4) is 0 Å². The van der Waals surface area contributed by atoms with Crippen LogP contribution in [0.15, 0.2) is 49.6 Å². The number of ether oxygens (including phenoxy) is 2. The number of hydrogen-bond acceptors (Lipinski definition) is 9. The van der Waals surface area contributed by atoms with E-state index in [0.29, 0.717) is 24.8 Å². The average Bonchev–Trinajstić information content (AvgIpc) is 3.80. The van der Waals surface area contributed by atoms with Gasteiger partial charge in [-0.25, -0.2) is 4.68 Å². The van der Waals surface area contributed by atoms with E-state index in [2.05, 4.69) is 44.7 Å². The van der Waals surface area contributed by atoms with Gasteiger partial charge in [0.15, 0.2) is 0 Å². The monoisotopic (exact) mass is 728 g/mol. The van der Waals surface area contributed by atoms with E-state index in [4.69, 9.17) is 9.47 Å². The number of amides is 3. The molecule has 9 atom stereocenters. The first kappa shape index (κ1) is 35.7. The van der Waals surface area contributed by atoms with Crippen LogP contribution < -0.4 is 5.32 Å². The summed E-state index contributed by atoms with van der Waals surface area (Å²) in [6.07, 6.45) is 3.60. The first-order valence-corrected chi connectivity index (χ1v) is 17.4. The molecule has 13 nitrogen and oxygen atoms in total. The molecule has 2 bridgehead atoms. The van der Waals surface area contributed by atoms with Gasteiger partial charge in [0.1, 0.15) is 29.9 Å². The van der Waals surface area contributed by atoms with E-state index in [1.54, 1.807) is 28.7 Å². The van der Waals surface area contributed by atoms with Gasteiger partial charge in [-0.2, -0.15) is 0 Å². The number of nitrogens with one attached hydrogen (secondary N) is 1. The summed E-state index contributed by atoms with van der Waals surface area (Å²) in [4.78, 5) is 58.2.